The molecule has 2 heterocycles. The number of anilines is 1. The predicted octanol–water partition coefficient (Wildman–Crippen LogP) is 4.06. The molecule has 1 aliphatic rings. The zero-order valence-electron chi connectivity index (χ0n) is 18.3. The summed E-state index contributed by atoms with van der Waals surface area (Å²) in [5.74, 6) is 2.84. The monoisotopic (exact) mass is 397 g/mol. The van der Waals surface area contributed by atoms with E-state index in [9.17, 15) is 0 Å². The lowest BCUT2D eigenvalue weighted by atomic mass is 9.97. The molecule has 1 aromatic heterocycles. The number of rotatable bonds is 7. The Bertz CT molecular complexity index is 792. The largest absolute Gasteiger partial charge is 0.444 e. The zero-order chi connectivity index (χ0) is 20.8. The summed E-state index contributed by atoms with van der Waals surface area (Å²) in [6, 6.07) is 6.42. The summed E-state index contributed by atoms with van der Waals surface area (Å²) < 4.78 is 5.72. The van der Waals surface area contributed by atoms with Crippen molar-refractivity contribution in [2.75, 3.05) is 25.0 Å². The van der Waals surface area contributed by atoms with Crippen molar-refractivity contribution < 1.29 is 4.42 Å². The molecule has 0 amide bonds. The van der Waals surface area contributed by atoms with Gasteiger partial charge in [-0.1, -0.05) is 32.0 Å². The number of nitrogens with one attached hydrogen (secondary N) is 1. The van der Waals surface area contributed by atoms with Gasteiger partial charge < -0.3 is 15.5 Å². The van der Waals surface area contributed by atoms with E-state index in [0.717, 1.165) is 74.9 Å². The number of aryl methyl sites for hydroxylation is 4. The van der Waals surface area contributed by atoms with Gasteiger partial charge in [0.1, 0.15) is 5.76 Å². The second kappa shape index (κ2) is 9.92. The third kappa shape index (κ3) is 5.60. The van der Waals surface area contributed by atoms with Gasteiger partial charge in [-0.15, -0.1) is 0 Å². The summed E-state index contributed by atoms with van der Waals surface area (Å²) in [5.41, 5.74) is 10.9. The van der Waals surface area contributed by atoms with E-state index in [2.05, 4.69) is 52.2 Å². The molecule has 29 heavy (non-hydrogen) atoms. The van der Waals surface area contributed by atoms with E-state index >= 15 is 0 Å². The van der Waals surface area contributed by atoms with E-state index in [1.54, 1.807) is 0 Å². The van der Waals surface area contributed by atoms with Crippen molar-refractivity contribution in [2.24, 2.45) is 16.6 Å². The van der Waals surface area contributed by atoms with Crippen LogP contribution in [-0.4, -0.2) is 35.5 Å². The Morgan fingerprint density at radius 3 is 2.41 bits per heavy atom. The third-order valence-corrected chi connectivity index (χ3v) is 5.91. The molecule has 0 unspecified atom stereocenters. The molecule has 0 radical (unpaired) electrons. The Labute approximate surface area is 174 Å². The van der Waals surface area contributed by atoms with Crippen molar-refractivity contribution in [3.05, 3.63) is 46.7 Å². The Balaban J connectivity index is 1.50. The van der Waals surface area contributed by atoms with Crippen molar-refractivity contribution in [3.63, 3.8) is 0 Å². The minimum Gasteiger partial charge on any atom is -0.444 e. The van der Waals surface area contributed by atoms with Crippen LogP contribution in [0.25, 0.3) is 0 Å². The van der Waals surface area contributed by atoms with Gasteiger partial charge in [0, 0.05) is 12.2 Å². The number of oxazole rings is 1. The van der Waals surface area contributed by atoms with Crippen LogP contribution >= 0.6 is 0 Å². The summed E-state index contributed by atoms with van der Waals surface area (Å²) in [6.07, 6.45) is 4.21. The third-order valence-electron chi connectivity index (χ3n) is 5.91. The fourth-order valence-corrected chi connectivity index (χ4v) is 3.92. The number of benzene rings is 1. The summed E-state index contributed by atoms with van der Waals surface area (Å²) in [7, 11) is 0. The van der Waals surface area contributed by atoms with Crippen molar-refractivity contribution >= 4 is 11.6 Å². The highest BCUT2D eigenvalue weighted by Gasteiger charge is 2.21. The Morgan fingerprint density at radius 1 is 1.21 bits per heavy atom. The Kier molecular flexibility index (Phi) is 7.31. The number of likely N-dealkylation sites (tertiary alicyclic amines) is 1. The normalized spacial score (nSPS) is 16.3. The maximum atomic E-state index is 6.22. The van der Waals surface area contributed by atoms with Crippen molar-refractivity contribution in [1.29, 1.82) is 0 Å². The topological polar surface area (TPSA) is 79.7 Å². The molecule has 0 saturated carbocycles. The van der Waals surface area contributed by atoms with Crippen LogP contribution in [0.3, 0.4) is 0 Å². The van der Waals surface area contributed by atoms with Crippen LogP contribution in [0.1, 0.15) is 55.2 Å². The summed E-state index contributed by atoms with van der Waals surface area (Å²) >= 11 is 0. The number of hydrogen-bond donors (Lipinski definition) is 2. The first-order chi connectivity index (χ1) is 14.0. The maximum Gasteiger partial charge on any atom is 0.208 e. The van der Waals surface area contributed by atoms with E-state index < -0.39 is 0 Å². The molecule has 158 valence electrons. The van der Waals surface area contributed by atoms with Gasteiger partial charge in [-0.2, -0.15) is 0 Å². The first-order valence-electron chi connectivity index (χ1n) is 10.8. The second-order valence-corrected chi connectivity index (χ2v) is 7.98. The van der Waals surface area contributed by atoms with Gasteiger partial charge in [0.05, 0.1) is 12.2 Å². The Morgan fingerprint density at radius 2 is 1.86 bits per heavy atom. The minimum atomic E-state index is 0.522. The standard InChI is InChI=1S/C23H35N5O/c1-5-19-8-7-9-20(6-2)22(19)27-23(24)25-14-18-10-12-28(13-11-18)15-21-26-16(3)17(4)29-21/h7-9,18H,5-6,10-15H2,1-4H3,(H3,24,25,27). The van der Waals surface area contributed by atoms with E-state index in [1.807, 2.05) is 13.8 Å². The first kappa shape index (κ1) is 21.4. The average Bonchev–Trinajstić information content (AvgIpc) is 3.04. The molecular formula is C23H35N5O. The molecule has 0 bridgehead atoms. The lowest BCUT2D eigenvalue weighted by molar-refractivity contribution is 0.166. The SMILES string of the molecule is CCc1cccc(CC)c1NC(N)=NCC1CCN(Cc2nc(C)c(C)o2)CC1. The number of aliphatic imine (C=N–C) groups is 1. The van der Waals surface area contributed by atoms with Gasteiger partial charge in [-0.3, -0.25) is 9.89 Å². The van der Waals surface area contributed by atoms with E-state index in [-0.39, 0.29) is 0 Å². The molecule has 2 aromatic rings. The maximum absolute atomic E-state index is 6.22. The van der Waals surface area contributed by atoms with Gasteiger partial charge >= 0.3 is 0 Å². The van der Waals surface area contributed by atoms with Gasteiger partial charge in [0.15, 0.2) is 5.96 Å². The molecule has 0 spiro atoms. The van der Waals surface area contributed by atoms with Crippen LogP contribution in [0.4, 0.5) is 5.69 Å². The molecule has 3 N–H and O–H groups in total. The van der Waals surface area contributed by atoms with Gasteiger partial charge in [-0.25, -0.2) is 4.98 Å². The highest BCUT2D eigenvalue weighted by atomic mass is 16.4. The number of hydrogen-bond acceptors (Lipinski definition) is 4. The average molecular weight is 398 g/mol. The zero-order valence-corrected chi connectivity index (χ0v) is 18.3. The molecule has 6 heteroatoms. The fourth-order valence-electron chi connectivity index (χ4n) is 3.92. The number of aromatic nitrogens is 1. The fraction of sp³-hybridized carbons (Fsp3) is 0.565. The van der Waals surface area contributed by atoms with Crippen LogP contribution < -0.4 is 11.1 Å². The lowest BCUT2D eigenvalue weighted by Crippen LogP contribution is -2.34. The van der Waals surface area contributed by atoms with E-state index in [1.165, 1.54) is 11.1 Å². The predicted molar refractivity (Wildman–Crippen MR) is 119 cm³/mol. The number of nitrogens with zero attached hydrogens (tertiary/aromatic N) is 3. The second-order valence-electron chi connectivity index (χ2n) is 7.98. The van der Waals surface area contributed by atoms with Crippen LogP contribution in [0, 0.1) is 19.8 Å². The molecule has 1 aromatic carbocycles. The van der Waals surface area contributed by atoms with Crippen LogP contribution in [0.5, 0.6) is 0 Å². The highest BCUT2D eigenvalue weighted by molar-refractivity contribution is 5.93. The number of para-hydroxylation sites is 1. The summed E-state index contributed by atoms with van der Waals surface area (Å²) in [4.78, 5) is 11.6. The van der Waals surface area contributed by atoms with Crippen molar-refractivity contribution in [3.8, 4) is 0 Å². The molecule has 6 nitrogen and oxygen atoms in total. The Hall–Kier alpha value is -2.34. The lowest BCUT2D eigenvalue weighted by Gasteiger charge is -2.30. The molecule has 0 atom stereocenters. The van der Waals surface area contributed by atoms with Crippen molar-refractivity contribution in [2.45, 2.75) is 59.9 Å². The summed E-state index contributed by atoms with van der Waals surface area (Å²) in [6.45, 7) is 12.0. The van der Waals surface area contributed by atoms with Gasteiger partial charge in [0.2, 0.25) is 5.89 Å². The van der Waals surface area contributed by atoms with Crippen LogP contribution in [0.15, 0.2) is 27.6 Å². The molecule has 0 aliphatic carbocycles. The van der Waals surface area contributed by atoms with E-state index in [4.69, 9.17) is 10.2 Å². The first-order valence-corrected chi connectivity index (χ1v) is 10.8. The van der Waals surface area contributed by atoms with Crippen LogP contribution in [0.2, 0.25) is 0 Å². The molecule has 1 fully saturated rings. The molecule has 1 aliphatic heterocycles. The summed E-state index contributed by atoms with van der Waals surface area (Å²) in [5, 5.41) is 3.37. The van der Waals surface area contributed by atoms with Crippen molar-refractivity contribution in [1.82, 2.24) is 9.88 Å². The van der Waals surface area contributed by atoms with Gasteiger partial charge in [-0.05, 0) is 69.7 Å². The van der Waals surface area contributed by atoms with E-state index in [0.29, 0.717) is 11.9 Å². The number of guanidine groups is 1. The molecule has 3 rings (SSSR count). The smallest absolute Gasteiger partial charge is 0.208 e. The number of nitrogens with two attached hydrogens (primary N) is 1. The quantitative estimate of drug-likeness (QED) is 0.544. The number of piperidine rings is 1. The minimum absolute atomic E-state index is 0.522. The highest BCUT2D eigenvalue weighted by Crippen LogP contribution is 2.23. The molecule has 1 saturated heterocycles. The molecular weight excluding hydrogens is 362 g/mol. The van der Waals surface area contributed by atoms with Gasteiger partial charge in [0.25, 0.3) is 0 Å². The van der Waals surface area contributed by atoms with Crippen LogP contribution in [-0.2, 0) is 19.4 Å².